The third-order valence-electron chi connectivity index (χ3n) is 1.31. The van der Waals surface area contributed by atoms with E-state index in [1.54, 1.807) is 24.3 Å². The number of rotatable bonds is 4. The molecule has 3 nitrogen and oxygen atoms in total. The molecule has 0 aliphatic rings. The molecule has 0 saturated carbocycles. The fraction of sp³-hybridized carbons (Fsp3) is 0.111. The van der Waals surface area contributed by atoms with E-state index in [4.69, 9.17) is 0 Å². The van der Waals surface area contributed by atoms with Crippen LogP contribution in [0.1, 0.15) is 0 Å². The molecule has 0 atom stereocenters. The third-order valence-corrected chi connectivity index (χ3v) is 2.52. The summed E-state index contributed by atoms with van der Waals surface area (Å²) >= 11 is 0. The summed E-state index contributed by atoms with van der Waals surface area (Å²) in [4.78, 5) is 0. The average Bonchev–Trinajstić information content (AvgIpc) is 2.04. The summed E-state index contributed by atoms with van der Waals surface area (Å²) in [5.74, 6) is -0.0876. The van der Waals surface area contributed by atoms with Crippen LogP contribution in [0.25, 0.3) is 0 Å². The van der Waals surface area contributed by atoms with Crippen molar-refractivity contribution in [2.24, 2.45) is 0 Å². The first-order valence-electron chi connectivity index (χ1n) is 3.72. The molecule has 0 unspecified atom stereocenters. The van der Waals surface area contributed by atoms with Gasteiger partial charge in [-0.2, -0.15) is 0 Å². The molecular formula is C9H10NO2S. The fourth-order valence-electron chi connectivity index (χ4n) is 0.821. The van der Waals surface area contributed by atoms with Crippen molar-refractivity contribution in [1.29, 1.82) is 0 Å². The quantitative estimate of drug-likeness (QED) is 0.740. The molecule has 0 bridgehead atoms. The summed E-state index contributed by atoms with van der Waals surface area (Å²) in [6, 6.07) is 9.55. The minimum atomic E-state index is -3.28. The smallest absolute Gasteiger partial charge is 0.236 e. The lowest BCUT2D eigenvalue weighted by molar-refractivity contribution is 0.604. The Balaban J connectivity index is 2.75. The van der Waals surface area contributed by atoms with Crippen LogP contribution in [0.3, 0.4) is 0 Å². The highest BCUT2D eigenvalue weighted by Gasteiger charge is 2.06. The van der Waals surface area contributed by atoms with E-state index in [1.165, 1.54) is 6.08 Å². The maximum atomic E-state index is 11.2. The lowest BCUT2D eigenvalue weighted by Gasteiger charge is -2.04. The van der Waals surface area contributed by atoms with Crippen molar-refractivity contribution in [1.82, 2.24) is 0 Å². The normalized spacial score (nSPS) is 10.8. The molecule has 0 aliphatic heterocycles. The molecule has 0 spiro atoms. The van der Waals surface area contributed by atoms with Crippen LogP contribution in [0, 0.1) is 6.07 Å². The molecule has 1 aromatic rings. The van der Waals surface area contributed by atoms with Crippen LogP contribution >= 0.6 is 0 Å². The summed E-state index contributed by atoms with van der Waals surface area (Å²) in [5, 5.41) is 0. The van der Waals surface area contributed by atoms with Crippen LogP contribution in [-0.2, 0) is 10.0 Å². The number of sulfonamides is 1. The topological polar surface area (TPSA) is 46.2 Å². The van der Waals surface area contributed by atoms with Gasteiger partial charge in [0.2, 0.25) is 10.0 Å². The number of benzene rings is 1. The van der Waals surface area contributed by atoms with Crippen LogP contribution in [0.15, 0.2) is 36.9 Å². The van der Waals surface area contributed by atoms with Gasteiger partial charge in [-0.3, -0.25) is 4.72 Å². The highest BCUT2D eigenvalue weighted by Crippen LogP contribution is 2.06. The number of para-hydroxylation sites is 1. The molecule has 0 heterocycles. The van der Waals surface area contributed by atoms with Gasteiger partial charge in [0, 0.05) is 6.07 Å². The van der Waals surface area contributed by atoms with Crippen molar-refractivity contribution in [3.05, 3.63) is 43.0 Å². The highest BCUT2D eigenvalue weighted by atomic mass is 32.2. The van der Waals surface area contributed by atoms with E-state index in [0.29, 0.717) is 5.69 Å². The van der Waals surface area contributed by atoms with Crippen molar-refractivity contribution in [3.63, 3.8) is 0 Å². The molecule has 1 aromatic carbocycles. The Kier molecular flexibility index (Phi) is 3.08. The summed E-state index contributed by atoms with van der Waals surface area (Å²) in [7, 11) is -3.28. The Morgan fingerprint density at radius 1 is 1.54 bits per heavy atom. The number of anilines is 1. The second kappa shape index (κ2) is 4.09. The molecule has 1 radical (unpaired) electrons. The van der Waals surface area contributed by atoms with Crippen LogP contribution < -0.4 is 4.72 Å². The summed E-state index contributed by atoms with van der Waals surface area (Å²) < 4.78 is 24.8. The minimum absolute atomic E-state index is 0.0876. The first-order valence-corrected chi connectivity index (χ1v) is 5.37. The SMILES string of the molecule is C=CCS(=O)(=O)Nc1[c]cccc1. The van der Waals surface area contributed by atoms with Gasteiger partial charge in [-0.1, -0.05) is 24.3 Å². The van der Waals surface area contributed by atoms with Crippen molar-refractivity contribution >= 4 is 15.7 Å². The highest BCUT2D eigenvalue weighted by molar-refractivity contribution is 7.92. The lowest BCUT2D eigenvalue weighted by Crippen LogP contribution is -2.14. The van der Waals surface area contributed by atoms with Crippen LogP contribution in [-0.4, -0.2) is 14.2 Å². The largest absolute Gasteiger partial charge is 0.283 e. The molecule has 4 heteroatoms. The van der Waals surface area contributed by atoms with Gasteiger partial charge in [0.05, 0.1) is 11.4 Å². The van der Waals surface area contributed by atoms with Gasteiger partial charge in [-0.25, -0.2) is 8.42 Å². The summed E-state index contributed by atoms with van der Waals surface area (Å²) in [5.41, 5.74) is 0.448. The van der Waals surface area contributed by atoms with Gasteiger partial charge in [-0.15, -0.1) is 6.58 Å². The van der Waals surface area contributed by atoms with Crippen molar-refractivity contribution in [3.8, 4) is 0 Å². The van der Waals surface area contributed by atoms with Gasteiger partial charge >= 0.3 is 0 Å². The Hall–Kier alpha value is -1.29. The van der Waals surface area contributed by atoms with Gasteiger partial charge in [-0.05, 0) is 6.07 Å². The molecule has 1 N–H and O–H groups in total. The molecular weight excluding hydrogens is 186 g/mol. The predicted octanol–water partition coefficient (Wildman–Crippen LogP) is 1.41. The van der Waals surface area contributed by atoms with Crippen LogP contribution in [0.5, 0.6) is 0 Å². The molecule has 0 fully saturated rings. The van der Waals surface area contributed by atoms with E-state index in [1.807, 2.05) is 0 Å². The minimum Gasteiger partial charge on any atom is -0.283 e. The third kappa shape index (κ3) is 3.29. The second-order valence-electron chi connectivity index (χ2n) is 2.45. The first-order chi connectivity index (χ1) is 6.14. The standard InChI is InChI=1S/C9H10NO2S/c1-2-8-13(11,12)10-9-6-4-3-5-7-9/h2-6,10H,1,8H2. The van der Waals surface area contributed by atoms with E-state index >= 15 is 0 Å². The van der Waals surface area contributed by atoms with Crippen molar-refractivity contribution < 1.29 is 8.42 Å². The number of hydrogen-bond donors (Lipinski definition) is 1. The molecule has 69 valence electrons. The average molecular weight is 196 g/mol. The maximum absolute atomic E-state index is 11.2. The Morgan fingerprint density at radius 3 is 2.85 bits per heavy atom. The molecule has 0 aromatic heterocycles. The zero-order valence-corrected chi connectivity index (χ0v) is 7.84. The van der Waals surface area contributed by atoms with E-state index in [9.17, 15) is 8.42 Å². The molecule has 1 rings (SSSR count). The Labute approximate surface area is 78.1 Å². The predicted molar refractivity (Wildman–Crippen MR) is 52.9 cm³/mol. The monoisotopic (exact) mass is 196 g/mol. The first kappa shape index (κ1) is 9.80. The van der Waals surface area contributed by atoms with Crippen LogP contribution in [0.2, 0.25) is 0 Å². The number of nitrogens with one attached hydrogen (secondary N) is 1. The van der Waals surface area contributed by atoms with Gasteiger partial charge in [0.15, 0.2) is 0 Å². The molecule has 0 aliphatic carbocycles. The van der Waals surface area contributed by atoms with Gasteiger partial charge < -0.3 is 0 Å². The van der Waals surface area contributed by atoms with Gasteiger partial charge in [0.1, 0.15) is 0 Å². The van der Waals surface area contributed by atoms with Crippen LogP contribution in [0.4, 0.5) is 5.69 Å². The summed E-state index contributed by atoms with van der Waals surface area (Å²) in [6.45, 7) is 3.36. The van der Waals surface area contributed by atoms with E-state index in [2.05, 4.69) is 17.4 Å². The summed E-state index contributed by atoms with van der Waals surface area (Å²) in [6.07, 6.45) is 1.34. The van der Waals surface area contributed by atoms with Crippen molar-refractivity contribution in [2.45, 2.75) is 0 Å². The fourth-order valence-corrected chi connectivity index (χ4v) is 1.68. The Morgan fingerprint density at radius 2 is 2.31 bits per heavy atom. The van der Waals surface area contributed by atoms with E-state index < -0.39 is 10.0 Å². The number of hydrogen-bond acceptors (Lipinski definition) is 2. The zero-order valence-electron chi connectivity index (χ0n) is 7.03. The van der Waals surface area contributed by atoms with Gasteiger partial charge in [0.25, 0.3) is 0 Å². The molecule has 0 saturated heterocycles. The molecule has 0 amide bonds. The van der Waals surface area contributed by atoms with E-state index in [-0.39, 0.29) is 5.75 Å². The zero-order chi connectivity index (χ0) is 9.73. The second-order valence-corrected chi connectivity index (χ2v) is 4.22. The van der Waals surface area contributed by atoms with E-state index in [0.717, 1.165) is 0 Å². The maximum Gasteiger partial charge on any atom is 0.236 e. The molecule has 13 heavy (non-hydrogen) atoms. The Bertz CT molecular complexity index is 370. The van der Waals surface area contributed by atoms with Crippen molar-refractivity contribution in [2.75, 3.05) is 10.5 Å². The lowest BCUT2D eigenvalue weighted by atomic mass is 10.3.